The van der Waals surface area contributed by atoms with Gasteiger partial charge < -0.3 is 20.1 Å². The second-order valence-corrected chi connectivity index (χ2v) is 4.97. The smallest absolute Gasteiger partial charge is 0.317 e. The van der Waals surface area contributed by atoms with Crippen LogP contribution in [0.3, 0.4) is 0 Å². The Kier molecular flexibility index (Phi) is 6.52. The lowest BCUT2D eigenvalue weighted by molar-refractivity contribution is -0.137. The number of rotatable bonds is 7. The van der Waals surface area contributed by atoms with E-state index < -0.39 is 5.97 Å². The molecule has 0 saturated heterocycles. The predicted octanol–water partition coefficient (Wildman–Crippen LogP) is 1.80. The average Bonchev–Trinajstić information content (AvgIpc) is 2.39. The van der Waals surface area contributed by atoms with E-state index in [2.05, 4.69) is 11.4 Å². The summed E-state index contributed by atoms with van der Waals surface area (Å²) in [5.41, 5.74) is 2.25. The number of carboxylic acid groups (broad SMARTS) is 1. The number of hydrogen-bond acceptors (Lipinski definition) is 3. The number of hydrogen-bond donors (Lipinski definition) is 2. The van der Waals surface area contributed by atoms with E-state index >= 15 is 0 Å². The van der Waals surface area contributed by atoms with Crippen molar-refractivity contribution in [2.75, 3.05) is 26.7 Å². The van der Waals surface area contributed by atoms with Gasteiger partial charge in [-0.05, 0) is 37.1 Å². The maximum atomic E-state index is 11.6. The van der Waals surface area contributed by atoms with Crippen molar-refractivity contribution in [2.24, 2.45) is 0 Å². The predicted molar refractivity (Wildman–Crippen MR) is 79.7 cm³/mol. The maximum absolute atomic E-state index is 11.6. The topological polar surface area (TPSA) is 78.9 Å². The van der Waals surface area contributed by atoms with Gasteiger partial charge in [-0.15, -0.1) is 0 Å². The molecule has 0 aromatic heterocycles. The first kappa shape index (κ1) is 16.8. The third kappa shape index (κ3) is 6.65. The Morgan fingerprint density at radius 1 is 1.24 bits per heavy atom. The SMILES string of the molecule is Cc1cc(C)cc(OCCNC(=O)N(C)CCC(=O)O)c1. The molecule has 1 rings (SSSR count). The van der Waals surface area contributed by atoms with E-state index in [4.69, 9.17) is 9.84 Å². The zero-order chi connectivity index (χ0) is 15.8. The molecule has 0 aliphatic rings. The number of benzene rings is 1. The Hall–Kier alpha value is -2.24. The highest BCUT2D eigenvalue weighted by molar-refractivity contribution is 5.74. The molecule has 116 valence electrons. The lowest BCUT2D eigenvalue weighted by Gasteiger charge is -2.17. The van der Waals surface area contributed by atoms with Gasteiger partial charge in [0.05, 0.1) is 13.0 Å². The molecule has 0 heterocycles. The van der Waals surface area contributed by atoms with Crippen molar-refractivity contribution in [1.82, 2.24) is 10.2 Å². The molecular weight excluding hydrogens is 272 g/mol. The second-order valence-electron chi connectivity index (χ2n) is 4.97. The molecule has 2 amide bonds. The number of aliphatic carboxylic acids is 1. The van der Waals surface area contributed by atoms with Crippen LogP contribution in [0.1, 0.15) is 17.5 Å². The van der Waals surface area contributed by atoms with Crippen LogP contribution in [0.5, 0.6) is 5.75 Å². The third-order valence-electron chi connectivity index (χ3n) is 2.85. The third-order valence-corrected chi connectivity index (χ3v) is 2.85. The molecule has 6 nitrogen and oxygen atoms in total. The fraction of sp³-hybridized carbons (Fsp3) is 0.467. The molecule has 0 aliphatic heterocycles. The lowest BCUT2D eigenvalue weighted by Crippen LogP contribution is -2.40. The number of nitrogens with one attached hydrogen (secondary N) is 1. The van der Waals surface area contributed by atoms with Crippen LogP contribution in [-0.4, -0.2) is 48.8 Å². The standard InChI is InChI=1S/C15H22N2O4/c1-11-8-12(2)10-13(9-11)21-7-5-16-15(20)17(3)6-4-14(18)19/h8-10H,4-7H2,1-3H3,(H,16,20)(H,18,19). The number of nitrogens with zero attached hydrogens (tertiary/aromatic N) is 1. The van der Waals surface area contributed by atoms with Gasteiger partial charge in [0.15, 0.2) is 0 Å². The van der Waals surface area contributed by atoms with Gasteiger partial charge in [-0.3, -0.25) is 4.79 Å². The van der Waals surface area contributed by atoms with Crippen LogP contribution < -0.4 is 10.1 Å². The van der Waals surface area contributed by atoms with Gasteiger partial charge in [-0.1, -0.05) is 6.07 Å². The van der Waals surface area contributed by atoms with Crippen LogP contribution in [0, 0.1) is 13.8 Å². The Bertz CT molecular complexity index is 482. The van der Waals surface area contributed by atoms with Crippen LogP contribution in [-0.2, 0) is 4.79 Å². The molecule has 0 atom stereocenters. The fourth-order valence-electron chi connectivity index (χ4n) is 1.84. The van der Waals surface area contributed by atoms with E-state index in [9.17, 15) is 9.59 Å². The Morgan fingerprint density at radius 2 is 1.86 bits per heavy atom. The summed E-state index contributed by atoms with van der Waals surface area (Å²) in [6.45, 7) is 4.90. The monoisotopic (exact) mass is 294 g/mol. The molecule has 1 aromatic rings. The molecular formula is C15H22N2O4. The van der Waals surface area contributed by atoms with Gasteiger partial charge >= 0.3 is 12.0 Å². The fourth-order valence-corrected chi connectivity index (χ4v) is 1.84. The molecule has 0 saturated carbocycles. The summed E-state index contributed by atoms with van der Waals surface area (Å²) in [5.74, 6) is -0.145. The number of carboxylic acids is 1. The minimum Gasteiger partial charge on any atom is -0.492 e. The van der Waals surface area contributed by atoms with Crippen molar-refractivity contribution in [3.8, 4) is 5.75 Å². The van der Waals surface area contributed by atoms with E-state index in [1.807, 2.05) is 26.0 Å². The minimum atomic E-state index is -0.923. The second kappa shape index (κ2) is 8.14. The summed E-state index contributed by atoms with van der Waals surface area (Å²) in [6, 6.07) is 5.63. The van der Waals surface area contributed by atoms with E-state index in [1.165, 1.54) is 4.90 Å². The largest absolute Gasteiger partial charge is 0.492 e. The Morgan fingerprint density at radius 3 is 2.43 bits per heavy atom. The zero-order valence-corrected chi connectivity index (χ0v) is 12.7. The van der Waals surface area contributed by atoms with Crippen LogP contribution in [0.4, 0.5) is 4.79 Å². The van der Waals surface area contributed by atoms with Crippen molar-refractivity contribution in [3.05, 3.63) is 29.3 Å². The summed E-state index contributed by atoms with van der Waals surface area (Å²) < 4.78 is 5.57. The van der Waals surface area contributed by atoms with Crippen molar-refractivity contribution >= 4 is 12.0 Å². The highest BCUT2D eigenvalue weighted by Gasteiger charge is 2.09. The summed E-state index contributed by atoms with van der Waals surface area (Å²) in [7, 11) is 1.56. The van der Waals surface area contributed by atoms with Crippen molar-refractivity contribution in [2.45, 2.75) is 20.3 Å². The average molecular weight is 294 g/mol. The molecule has 0 bridgehead atoms. The summed E-state index contributed by atoms with van der Waals surface area (Å²) in [6.07, 6.45) is -0.0665. The Balaban J connectivity index is 2.27. The van der Waals surface area contributed by atoms with Crippen LogP contribution in [0.2, 0.25) is 0 Å². The molecule has 2 N–H and O–H groups in total. The first-order valence-electron chi connectivity index (χ1n) is 6.80. The van der Waals surface area contributed by atoms with Crippen LogP contribution in [0.15, 0.2) is 18.2 Å². The van der Waals surface area contributed by atoms with Crippen LogP contribution in [0.25, 0.3) is 0 Å². The highest BCUT2D eigenvalue weighted by Crippen LogP contribution is 2.15. The van der Waals surface area contributed by atoms with E-state index in [-0.39, 0.29) is 19.0 Å². The number of urea groups is 1. The van der Waals surface area contributed by atoms with Gasteiger partial charge in [-0.2, -0.15) is 0 Å². The number of carbonyl (C=O) groups excluding carboxylic acids is 1. The van der Waals surface area contributed by atoms with E-state index in [0.29, 0.717) is 13.2 Å². The van der Waals surface area contributed by atoms with Crippen molar-refractivity contribution in [3.63, 3.8) is 0 Å². The molecule has 0 aliphatic carbocycles. The van der Waals surface area contributed by atoms with E-state index in [1.54, 1.807) is 7.05 Å². The van der Waals surface area contributed by atoms with Crippen molar-refractivity contribution < 1.29 is 19.4 Å². The molecule has 6 heteroatoms. The lowest BCUT2D eigenvalue weighted by atomic mass is 10.1. The van der Waals surface area contributed by atoms with Gasteiger partial charge in [0.2, 0.25) is 0 Å². The first-order chi connectivity index (χ1) is 9.88. The van der Waals surface area contributed by atoms with Gasteiger partial charge in [0.25, 0.3) is 0 Å². The summed E-state index contributed by atoms with van der Waals surface area (Å²) in [5, 5.41) is 11.2. The number of carbonyl (C=O) groups is 2. The quantitative estimate of drug-likeness (QED) is 0.752. The normalized spacial score (nSPS) is 10.0. The van der Waals surface area contributed by atoms with Gasteiger partial charge in [0.1, 0.15) is 12.4 Å². The van der Waals surface area contributed by atoms with E-state index in [0.717, 1.165) is 16.9 Å². The van der Waals surface area contributed by atoms with Gasteiger partial charge in [-0.25, -0.2) is 4.79 Å². The molecule has 0 spiro atoms. The van der Waals surface area contributed by atoms with Gasteiger partial charge in [0, 0.05) is 13.6 Å². The summed E-state index contributed by atoms with van der Waals surface area (Å²) in [4.78, 5) is 23.4. The zero-order valence-electron chi connectivity index (χ0n) is 12.7. The van der Waals surface area contributed by atoms with Crippen LogP contribution >= 0.6 is 0 Å². The molecule has 0 fully saturated rings. The number of amides is 2. The number of aryl methyl sites for hydroxylation is 2. The molecule has 0 unspecified atom stereocenters. The molecule has 0 radical (unpaired) electrons. The minimum absolute atomic E-state index is 0.0665. The molecule has 1 aromatic carbocycles. The Labute approximate surface area is 124 Å². The molecule has 21 heavy (non-hydrogen) atoms. The first-order valence-corrected chi connectivity index (χ1v) is 6.80. The summed E-state index contributed by atoms with van der Waals surface area (Å²) >= 11 is 0. The maximum Gasteiger partial charge on any atom is 0.317 e. The highest BCUT2D eigenvalue weighted by atomic mass is 16.5. The number of ether oxygens (including phenoxy) is 1. The van der Waals surface area contributed by atoms with Crippen molar-refractivity contribution in [1.29, 1.82) is 0 Å².